The summed E-state index contributed by atoms with van der Waals surface area (Å²) in [5, 5.41) is 9.17. The average Bonchev–Trinajstić information content (AvgIpc) is 3.04. The first kappa shape index (κ1) is 14.2. The topological polar surface area (TPSA) is 60.9 Å². The third-order valence-electron chi connectivity index (χ3n) is 4.23. The molecule has 0 aromatic carbocycles. The number of aliphatic hydroxyl groups is 1. The van der Waals surface area contributed by atoms with E-state index in [9.17, 15) is 8.42 Å². The van der Waals surface area contributed by atoms with E-state index >= 15 is 0 Å². The molecular weight excluding hydrogens is 252 g/mol. The Balaban J connectivity index is 1.96. The fourth-order valence-corrected chi connectivity index (χ4v) is 4.19. The first-order chi connectivity index (χ1) is 8.45. The summed E-state index contributed by atoms with van der Waals surface area (Å²) in [7, 11) is -1.66. The van der Waals surface area contributed by atoms with E-state index in [0.717, 1.165) is 19.3 Å². The van der Waals surface area contributed by atoms with Gasteiger partial charge in [0.15, 0.2) is 0 Å². The molecule has 2 fully saturated rings. The minimum absolute atomic E-state index is 0.0788. The van der Waals surface area contributed by atoms with Gasteiger partial charge in [-0.3, -0.25) is 0 Å². The molecular formula is C12H24N2O3S. The van der Waals surface area contributed by atoms with Crippen LogP contribution in [0.4, 0.5) is 0 Å². The van der Waals surface area contributed by atoms with Crippen LogP contribution in [0.1, 0.15) is 26.2 Å². The van der Waals surface area contributed by atoms with Gasteiger partial charge in [-0.25, -0.2) is 0 Å². The standard InChI is InChI=1S/C12H24N2O3S/c1-10-6-12(10)8-13(2)18(16,17)14-5-3-4-11(7-14)9-15/h10-12,15H,3-9H2,1-2H3. The Morgan fingerprint density at radius 3 is 2.67 bits per heavy atom. The summed E-state index contributed by atoms with van der Waals surface area (Å²) in [4.78, 5) is 0. The summed E-state index contributed by atoms with van der Waals surface area (Å²) in [6.45, 7) is 3.92. The Morgan fingerprint density at radius 1 is 1.44 bits per heavy atom. The van der Waals surface area contributed by atoms with Crippen LogP contribution in [0.2, 0.25) is 0 Å². The van der Waals surface area contributed by atoms with Gasteiger partial charge in [0.25, 0.3) is 10.2 Å². The molecule has 6 heteroatoms. The highest BCUT2D eigenvalue weighted by atomic mass is 32.2. The second kappa shape index (κ2) is 5.45. The van der Waals surface area contributed by atoms with Crippen molar-refractivity contribution in [3.8, 4) is 0 Å². The Hall–Kier alpha value is -0.170. The Bertz CT molecular complexity index is 385. The zero-order valence-electron chi connectivity index (χ0n) is 11.2. The summed E-state index contributed by atoms with van der Waals surface area (Å²) in [6, 6.07) is 0. The maximum atomic E-state index is 12.4. The maximum Gasteiger partial charge on any atom is 0.281 e. The maximum absolute atomic E-state index is 12.4. The van der Waals surface area contributed by atoms with Gasteiger partial charge in [0.1, 0.15) is 0 Å². The molecule has 0 radical (unpaired) electrons. The fourth-order valence-electron chi connectivity index (χ4n) is 2.66. The highest BCUT2D eigenvalue weighted by molar-refractivity contribution is 7.86. The smallest absolute Gasteiger partial charge is 0.281 e. The number of hydrogen-bond donors (Lipinski definition) is 1. The zero-order valence-corrected chi connectivity index (χ0v) is 12.1. The quantitative estimate of drug-likeness (QED) is 0.796. The van der Waals surface area contributed by atoms with Gasteiger partial charge in [-0.15, -0.1) is 0 Å². The summed E-state index contributed by atoms with van der Waals surface area (Å²) < 4.78 is 27.8. The third kappa shape index (κ3) is 3.04. The van der Waals surface area contributed by atoms with Crippen molar-refractivity contribution < 1.29 is 13.5 Å². The van der Waals surface area contributed by atoms with Crippen LogP contribution >= 0.6 is 0 Å². The minimum atomic E-state index is -3.33. The second-order valence-corrected chi connectivity index (χ2v) is 7.85. The molecule has 0 spiro atoms. The van der Waals surface area contributed by atoms with Crippen molar-refractivity contribution in [1.29, 1.82) is 0 Å². The van der Waals surface area contributed by atoms with Gasteiger partial charge < -0.3 is 5.11 Å². The van der Waals surface area contributed by atoms with Gasteiger partial charge in [-0.1, -0.05) is 6.92 Å². The fraction of sp³-hybridized carbons (Fsp3) is 1.00. The summed E-state index contributed by atoms with van der Waals surface area (Å²) in [5.41, 5.74) is 0. The third-order valence-corrected chi connectivity index (χ3v) is 6.15. The van der Waals surface area contributed by atoms with Crippen molar-refractivity contribution in [3.05, 3.63) is 0 Å². The van der Waals surface area contributed by atoms with Crippen LogP contribution in [-0.2, 0) is 10.2 Å². The van der Waals surface area contributed by atoms with Crippen molar-refractivity contribution in [2.45, 2.75) is 26.2 Å². The zero-order chi connectivity index (χ0) is 13.3. The van der Waals surface area contributed by atoms with Crippen LogP contribution in [0.3, 0.4) is 0 Å². The lowest BCUT2D eigenvalue weighted by Crippen LogP contribution is -2.47. The van der Waals surface area contributed by atoms with E-state index in [1.54, 1.807) is 7.05 Å². The predicted octanol–water partition coefficient (Wildman–Crippen LogP) is 0.523. The van der Waals surface area contributed by atoms with E-state index in [1.165, 1.54) is 8.61 Å². The molecule has 106 valence electrons. The largest absolute Gasteiger partial charge is 0.396 e. The molecule has 1 saturated heterocycles. The van der Waals surface area contributed by atoms with E-state index in [4.69, 9.17) is 5.11 Å². The molecule has 0 bridgehead atoms. The summed E-state index contributed by atoms with van der Waals surface area (Å²) >= 11 is 0. The molecule has 2 rings (SSSR count). The van der Waals surface area contributed by atoms with E-state index in [-0.39, 0.29) is 12.5 Å². The molecule has 18 heavy (non-hydrogen) atoms. The normalized spacial score (nSPS) is 33.9. The lowest BCUT2D eigenvalue weighted by molar-refractivity contribution is 0.161. The van der Waals surface area contributed by atoms with Gasteiger partial charge in [0.2, 0.25) is 0 Å². The minimum Gasteiger partial charge on any atom is -0.396 e. The van der Waals surface area contributed by atoms with Crippen LogP contribution < -0.4 is 0 Å². The van der Waals surface area contributed by atoms with Crippen LogP contribution in [0.15, 0.2) is 0 Å². The van der Waals surface area contributed by atoms with Crippen molar-refractivity contribution in [1.82, 2.24) is 8.61 Å². The predicted molar refractivity (Wildman–Crippen MR) is 70.2 cm³/mol. The molecule has 1 aliphatic carbocycles. The number of nitrogens with zero attached hydrogens (tertiary/aromatic N) is 2. The lowest BCUT2D eigenvalue weighted by atomic mass is 10.0. The molecule has 1 heterocycles. The Kier molecular flexibility index (Phi) is 4.31. The van der Waals surface area contributed by atoms with E-state index in [1.807, 2.05) is 0 Å². The number of piperidine rings is 1. The highest BCUT2D eigenvalue weighted by Crippen LogP contribution is 2.38. The van der Waals surface area contributed by atoms with Gasteiger partial charge >= 0.3 is 0 Å². The van der Waals surface area contributed by atoms with Crippen LogP contribution in [0.5, 0.6) is 0 Å². The first-order valence-corrected chi connectivity index (χ1v) is 8.17. The molecule has 5 nitrogen and oxygen atoms in total. The number of hydrogen-bond acceptors (Lipinski definition) is 3. The lowest BCUT2D eigenvalue weighted by Gasteiger charge is -2.33. The monoisotopic (exact) mass is 276 g/mol. The molecule has 1 N–H and O–H groups in total. The SMILES string of the molecule is CC1CC1CN(C)S(=O)(=O)N1CCCC(CO)C1. The van der Waals surface area contributed by atoms with Crippen molar-refractivity contribution in [2.24, 2.45) is 17.8 Å². The summed E-state index contributed by atoms with van der Waals surface area (Å²) in [5.74, 6) is 1.29. The van der Waals surface area contributed by atoms with Crippen molar-refractivity contribution in [3.63, 3.8) is 0 Å². The van der Waals surface area contributed by atoms with E-state index in [0.29, 0.717) is 31.5 Å². The van der Waals surface area contributed by atoms with Gasteiger partial charge in [-0.05, 0) is 37.0 Å². The molecule has 3 atom stereocenters. The van der Waals surface area contributed by atoms with Crippen molar-refractivity contribution in [2.75, 3.05) is 33.3 Å². The first-order valence-electron chi connectivity index (χ1n) is 6.77. The van der Waals surface area contributed by atoms with Crippen LogP contribution in [0, 0.1) is 17.8 Å². The Labute approximate surface area is 110 Å². The van der Waals surface area contributed by atoms with Crippen LogP contribution in [-0.4, -0.2) is 55.4 Å². The van der Waals surface area contributed by atoms with Crippen LogP contribution in [0.25, 0.3) is 0 Å². The molecule has 0 amide bonds. The molecule has 1 aliphatic heterocycles. The number of aliphatic hydroxyl groups excluding tert-OH is 1. The van der Waals surface area contributed by atoms with Gasteiger partial charge in [0, 0.05) is 33.3 Å². The molecule has 1 saturated carbocycles. The number of rotatable bonds is 5. The highest BCUT2D eigenvalue weighted by Gasteiger charge is 2.38. The molecule has 0 aromatic heterocycles. The average molecular weight is 276 g/mol. The van der Waals surface area contributed by atoms with E-state index < -0.39 is 10.2 Å². The van der Waals surface area contributed by atoms with Gasteiger partial charge in [0.05, 0.1) is 0 Å². The van der Waals surface area contributed by atoms with Gasteiger partial charge in [-0.2, -0.15) is 17.0 Å². The molecule has 0 aromatic rings. The summed E-state index contributed by atoms with van der Waals surface area (Å²) in [6.07, 6.45) is 2.91. The molecule has 2 aliphatic rings. The second-order valence-electron chi connectivity index (χ2n) is 5.81. The molecule has 3 unspecified atom stereocenters. The van der Waals surface area contributed by atoms with E-state index in [2.05, 4.69) is 6.92 Å². The Morgan fingerprint density at radius 2 is 2.11 bits per heavy atom. The van der Waals surface area contributed by atoms with Crippen molar-refractivity contribution >= 4 is 10.2 Å².